The summed E-state index contributed by atoms with van der Waals surface area (Å²) < 4.78 is 5.53. The van der Waals surface area contributed by atoms with Crippen LogP contribution in [0.1, 0.15) is 11.1 Å². The zero-order valence-corrected chi connectivity index (χ0v) is 16.9. The lowest BCUT2D eigenvalue weighted by Gasteiger charge is -2.23. The molecule has 1 saturated heterocycles. The number of hydrogen-bond donors (Lipinski definition) is 2. The fourth-order valence-corrected chi connectivity index (χ4v) is 4.07. The molecule has 1 atom stereocenters. The maximum Gasteiger partial charge on any atom is 0.261 e. The molecule has 0 bridgehead atoms. The van der Waals surface area contributed by atoms with E-state index in [0.29, 0.717) is 28.6 Å². The van der Waals surface area contributed by atoms with E-state index in [1.54, 1.807) is 48.5 Å². The number of ether oxygens (including phenoxy) is 1. The van der Waals surface area contributed by atoms with Gasteiger partial charge in [0.05, 0.1) is 23.9 Å². The number of nitrogens with two attached hydrogens (primary N) is 1. The molecule has 3 amide bonds. The topological polar surface area (TPSA) is 126 Å². The molecule has 1 aliphatic heterocycles. The number of carbonyl (C=O) groups excluding carboxylic acids is 3. The molecule has 1 fully saturated rings. The quantitative estimate of drug-likeness (QED) is 0.694. The van der Waals surface area contributed by atoms with Crippen LogP contribution < -0.4 is 15.8 Å². The third-order valence-electron chi connectivity index (χ3n) is 4.45. The van der Waals surface area contributed by atoms with Gasteiger partial charge < -0.3 is 20.7 Å². The second-order valence-electron chi connectivity index (χ2n) is 6.63. The maximum absolute atomic E-state index is 12.6. The summed E-state index contributed by atoms with van der Waals surface area (Å²) in [6.07, 6.45) is 0.139. The molecule has 0 aromatic heterocycles. The number of anilines is 1. The maximum atomic E-state index is 12.6. The predicted octanol–water partition coefficient (Wildman–Crippen LogP) is 1.51. The van der Waals surface area contributed by atoms with Crippen molar-refractivity contribution in [2.24, 2.45) is 5.73 Å². The summed E-state index contributed by atoms with van der Waals surface area (Å²) in [5, 5.41) is 11.6. The van der Waals surface area contributed by atoms with Gasteiger partial charge in [0, 0.05) is 11.4 Å². The lowest BCUT2D eigenvalue weighted by Crippen LogP contribution is -2.46. The Kier molecular flexibility index (Phi) is 6.93. The molecule has 1 unspecified atom stereocenters. The Morgan fingerprint density at radius 2 is 1.87 bits per heavy atom. The SMILES string of the molecule is N#Cc1ccc(NC(=O)C2CSCN2C(=O)COc2ccc(CC(N)=O)cc2)cc1. The van der Waals surface area contributed by atoms with E-state index in [9.17, 15) is 14.4 Å². The number of thioether (sulfide) groups is 1. The molecule has 0 spiro atoms. The monoisotopic (exact) mass is 424 g/mol. The minimum Gasteiger partial charge on any atom is -0.484 e. The first kappa shape index (κ1) is 21.2. The van der Waals surface area contributed by atoms with Crippen molar-refractivity contribution >= 4 is 35.2 Å². The molecule has 9 heteroatoms. The van der Waals surface area contributed by atoms with Crippen LogP contribution in [0, 0.1) is 11.3 Å². The van der Waals surface area contributed by atoms with Crippen LogP contribution in [0.3, 0.4) is 0 Å². The lowest BCUT2D eigenvalue weighted by atomic mass is 10.1. The minimum atomic E-state index is -0.598. The fraction of sp³-hybridized carbons (Fsp3) is 0.238. The van der Waals surface area contributed by atoms with E-state index < -0.39 is 11.9 Å². The number of amides is 3. The highest BCUT2D eigenvalue weighted by atomic mass is 32.2. The molecule has 8 nitrogen and oxygen atoms in total. The number of primary amides is 1. The molecule has 3 rings (SSSR count). The molecule has 30 heavy (non-hydrogen) atoms. The summed E-state index contributed by atoms with van der Waals surface area (Å²) in [5.41, 5.74) is 6.99. The number of rotatable bonds is 7. The Morgan fingerprint density at radius 1 is 1.17 bits per heavy atom. The van der Waals surface area contributed by atoms with Crippen molar-refractivity contribution in [3.05, 3.63) is 59.7 Å². The van der Waals surface area contributed by atoms with Crippen LogP contribution in [-0.4, -0.2) is 46.9 Å². The van der Waals surface area contributed by atoms with Crippen LogP contribution in [0.25, 0.3) is 0 Å². The van der Waals surface area contributed by atoms with Gasteiger partial charge in [-0.3, -0.25) is 14.4 Å². The first-order valence-electron chi connectivity index (χ1n) is 9.14. The largest absolute Gasteiger partial charge is 0.484 e. The zero-order valence-electron chi connectivity index (χ0n) is 16.0. The molecule has 0 radical (unpaired) electrons. The second-order valence-corrected chi connectivity index (χ2v) is 7.63. The minimum absolute atomic E-state index is 0.139. The van der Waals surface area contributed by atoms with Crippen molar-refractivity contribution in [2.75, 3.05) is 23.6 Å². The van der Waals surface area contributed by atoms with Crippen molar-refractivity contribution in [3.63, 3.8) is 0 Å². The number of nitrogens with one attached hydrogen (secondary N) is 1. The van der Waals surface area contributed by atoms with Gasteiger partial charge >= 0.3 is 0 Å². The van der Waals surface area contributed by atoms with Crippen molar-refractivity contribution in [1.82, 2.24) is 4.90 Å². The summed E-state index contributed by atoms with van der Waals surface area (Å²) in [6.45, 7) is -0.198. The Labute approximate surface area is 178 Å². The fourth-order valence-electron chi connectivity index (χ4n) is 2.89. The van der Waals surface area contributed by atoms with Crippen LogP contribution in [-0.2, 0) is 20.8 Å². The number of nitrogens with zero attached hydrogens (tertiary/aromatic N) is 2. The van der Waals surface area contributed by atoms with E-state index in [4.69, 9.17) is 15.7 Å². The Morgan fingerprint density at radius 3 is 2.50 bits per heavy atom. The van der Waals surface area contributed by atoms with Gasteiger partial charge in [-0.1, -0.05) is 12.1 Å². The summed E-state index contributed by atoms with van der Waals surface area (Å²) in [4.78, 5) is 37.6. The van der Waals surface area contributed by atoms with Gasteiger partial charge in [0.2, 0.25) is 11.8 Å². The Hall–Kier alpha value is -3.51. The Bertz CT molecular complexity index is 970. The van der Waals surface area contributed by atoms with Gasteiger partial charge in [0.25, 0.3) is 5.91 Å². The molecule has 2 aromatic carbocycles. The molecular weight excluding hydrogens is 404 g/mol. The highest BCUT2D eigenvalue weighted by Crippen LogP contribution is 2.23. The van der Waals surface area contributed by atoms with Gasteiger partial charge in [0.15, 0.2) is 6.61 Å². The van der Waals surface area contributed by atoms with E-state index >= 15 is 0 Å². The van der Waals surface area contributed by atoms with E-state index in [1.165, 1.54) is 16.7 Å². The summed E-state index contributed by atoms with van der Waals surface area (Å²) in [6, 6.07) is 14.7. The van der Waals surface area contributed by atoms with Crippen molar-refractivity contribution in [1.29, 1.82) is 5.26 Å². The summed E-state index contributed by atoms with van der Waals surface area (Å²) in [5.74, 6) is 0.397. The zero-order chi connectivity index (χ0) is 21.5. The van der Waals surface area contributed by atoms with Crippen LogP contribution in [0.15, 0.2) is 48.5 Å². The van der Waals surface area contributed by atoms with Gasteiger partial charge in [-0.2, -0.15) is 5.26 Å². The van der Waals surface area contributed by atoms with E-state index in [2.05, 4.69) is 5.32 Å². The smallest absolute Gasteiger partial charge is 0.261 e. The number of carbonyl (C=O) groups is 3. The van der Waals surface area contributed by atoms with Crippen LogP contribution in [0.4, 0.5) is 5.69 Å². The molecule has 1 heterocycles. The number of nitriles is 1. The summed E-state index contributed by atoms with van der Waals surface area (Å²) >= 11 is 1.49. The number of benzene rings is 2. The predicted molar refractivity (Wildman–Crippen MR) is 113 cm³/mol. The molecule has 0 aliphatic carbocycles. The van der Waals surface area contributed by atoms with Gasteiger partial charge in [0.1, 0.15) is 11.8 Å². The van der Waals surface area contributed by atoms with Crippen molar-refractivity contribution in [2.45, 2.75) is 12.5 Å². The molecule has 3 N–H and O–H groups in total. The van der Waals surface area contributed by atoms with Crippen molar-refractivity contribution in [3.8, 4) is 11.8 Å². The highest BCUT2D eigenvalue weighted by molar-refractivity contribution is 7.99. The molecule has 0 saturated carbocycles. The standard InChI is InChI=1S/C21H20N4O4S/c22-10-15-1-5-16(6-2-15)24-21(28)18-12-30-13-25(18)20(27)11-29-17-7-3-14(4-8-17)9-19(23)26/h1-8,18H,9,11-13H2,(H2,23,26)(H,24,28). The average Bonchev–Trinajstić information content (AvgIpc) is 3.23. The first-order valence-corrected chi connectivity index (χ1v) is 10.3. The molecule has 2 aromatic rings. The van der Waals surface area contributed by atoms with Gasteiger partial charge in [-0.15, -0.1) is 11.8 Å². The van der Waals surface area contributed by atoms with Crippen LogP contribution >= 0.6 is 11.8 Å². The normalized spacial score (nSPS) is 15.3. The summed E-state index contributed by atoms with van der Waals surface area (Å²) in [7, 11) is 0. The highest BCUT2D eigenvalue weighted by Gasteiger charge is 2.34. The number of hydrogen-bond acceptors (Lipinski definition) is 6. The average molecular weight is 424 g/mol. The first-order chi connectivity index (χ1) is 14.5. The van der Waals surface area contributed by atoms with Gasteiger partial charge in [-0.25, -0.2) is 0 Å². The lowest BCUT2D eigenvalue weighted by molar-refractivity contribution is -0.137. The third kappa shape index (κ3) is 5.52. The Balaban J connectivity index is 1.55. The molecule has 154 valence electrons. The molecular formula is C21H20N4O4S. The van der Waals surface area contributed by atoms with E-state index in [-0.39, 0.29) is 24.8 Å². The third-order valence-corrected chi connectivity index (χ3v) is 5.46. The molecule has 1 aliphatic rings. The van der Waals surface area contributed by atoms with E-state index in [1.807, 2.05) is 6.07 Å². The van der Waals surface area contributed by atoms with E-state index in [0.717, 1.165) is 5.56 Å². The second kappa shape index (κ2) is 9.80. The van der Waals surface area contributed by atoms with Crippen LogP contribution in [0.5, 0.6) is 5.75 Å². The van der Waals surface area contributed by atoms with Crippen LogP contribution in [0.2, 0.25) is 0 Å². The van der Waals surface area contributed by atoms with Gasteiger partial charge in [-0.05, 0) is 42.0 Å². The van der Waals surface area contributed by atoms with Crippen molar-refractivity contribution < 1.29 is 19.1 Å².